The molecule has 3 heteroatoms. The number of carbonyl (C=O) groups excluding carboxylic acids is 1. The predicted octanol–water partition coefficient (Wildman–Crippen LogP) is 2.33. The predicted molar refractivity (Wildman–Crippen MR) is 61.0 cm³/mol. The minimum atomic E-state index is -1.08. The van der Waals surface area contributed by atoms with E-state index in [1.807, 2.05) is 30.3 Å². The van der Waals surface area contributed by atoms with E-state index in [4.69, 9.17) is 9.84 Å². The average molecular weight is 216 g/mol. The van der Waals surface area contributed by atoms with Crippen LogP contribution in [0.25, 0.3) is 10.8 Å². The van der Waals surface area contributed by atoms with Crippen molar-refractivity contribution in [3.05, 3.63) is 48.0 Å². The van der Waals surface area contributed by atoms with E-state index in [0.29, 0.717) is 5.56 Å². The monoisotopic (exact) mass is 216 g/mol. The van der Waals surface area contributed by atoms with E-state index in [9.17, 15) is 4.79 Å². The molecule has 0 amide bonds. The summed E-state index contributed by atoms with van der Waals surface area (Å²) in [5, 5.41) is 11.0. The molecular formula is C13H12O3. The Morgan fingerprint density at radius 2 is 1.88 bits per heavy atom. The van der Waals surface area contributed by atoms with E-state index in [0.717, 1.165) is 10.8 Å². The molecule has 2 aromatic rings. The van der Waals surface area contributed by atoms with Crippen LogP contribution < -0.4 is 0 Å². The van der Waals surface area contributed by atoms with Crippen molar-refractivity contribution in [1.82, 2.24) is 0 Å². The number of rotatable bonds is 2. The second-order valence-corrected chi connectivity index (χ2v) is 3.57. The van der Waals surface area contributed by atoms with Crippen molar-refractivity contribution in [2.75, 3.05) is 0 Å². The third kappa shape index (κ3) is 2.20. The molecule has 0 spiro atoms. The Balaban J connectivity index is 2.35. The maximum Gasteiger partial charge on any atom is 0.340 e. The lowest BCUT2D eigenvalue weighted by atomic mass is 10.1. The van der Waals surface area contributed by atoms with Gasteiger partial charge in [0, 0.05) is 0 Å². The van der Waals surface area contributed by atoms with E-state index in [2.05, 4.69) is 0 Å². The Bertz CT molecular complexity index is 517. The Morgan fingerprint density at radius 1 is 1.19 bits per heavy atom. The molecule has 82 valence electrons. The lowest BCUT2D eigenvalue weighted by molar-refractivity contribution is -0.0523. The highest BCUT2D eigenvalue weighted by atomic mass is 16.6. The molecule has 1 unspecified atom stereocenters. The zero-order valence-corrected chi connectivity index (χ0v) is 8.88. The van der Waals surface area contributed by atoms with Gasteiger partial charge < -0.3 is 9.84 Å². The molecule has 0 radical (unpaired) electrons. The van der Waals surface area contributed by atoms with Gasteiger partial charge in [-0.1, -0.05) is 30.3 Å². The zero-order chi connectivity index (χ0) is 11.5. The van der Waals surface area contributed by atoms with Crippen LogP contribution in [0.4, 0.5) is 0 Å². The minimum absolute atomic E-state index is 0.444. The number of aliphatic hydroxyl groups is 1. The largest absolute Gasteiger partial charge is 0.433 e. The van der Waals surface area contributed by atoms with Crippen LogP contribution in [0.1, 0.15) is 17.3 Å². The molecule has 3 nitrogen and oxygen atoms in total. The van der Waals surface area contributed by atoms with Crippen molar-refractivity contribution in [3.8, 4) is 0 Å². The van der Waals surface area contributed by atoms with E-state index >= 15 is 0 Å². The van der Waals surface area contributed by atoms with Crippen LogP contribution in [0.5, 0.6) is 0 Å². The smallest absolute Gasteiger partial charge is 0.340 e. The van der Waals surface area contributed by atoms with Gasteiger partial charge in [-0.15, -0.1) is 0 Å². The molecule has 2 rings (SSSR count). The Hall–Kier alpha value is -1.87. The number of hydrogen-bond donors (Lipinski definition) is 1. The standard InChI is InChI=1S/C13H12O3/c1-9(14)16-13(15)12-7-6-10-4-2-3-5-11(10)8-12/h2-9,14H,1H3. The first-order valence-electron chi connectivity index (χ1n) is 5.04. The van der Waals surface area contributed by atoms with Crippen molar-refractivity contribution in [2.45, 2.75) is 13.2 Å². The van der Waals surface area contributed by atoms with Gasteiger partial charge in [-0.3, -0.25) is 0 Å². The van der Waals surface area contributed by atoms with Gasteiger partial charge in [0.1, 0.15) is 0 Å². The number of esters is 1. The van der Waals surface area contributed by atoms with Crippen LogP contribution in [-0.2, 0) is 4.74 Å². The summed E-state index contributed by atoms with van der Waals surface area (Å²) in [6.45, 7) is 1.40. The van der Waals surface area contributed by atoms with E-state index in [1.54, 1.807) is 12.1 Å². The highest BCUT2D eigenvalue weighted by Gasteiger charge is 2.09. The SMILES string of the molecule is CC(O)OC(=O)c1ccc2ccccc2c1. The summed E-state index contributed by atoms with van der Waals surface area (Å²) in [5.41, 5.74) is 0.444. The topological polar surface area (TPSA) is 46.5 Å². The zero-order valence-electron chi connectivity index (χ0n) is 8.88. The molecule has 0 fully saturated rings. The summed E-state index contributed by atoms with van der Waals surface area (Å²) in [6.07, 6.45) is -1.08. The number of ether oxygens (including phenoxy) is 1. The first-order valence-corrected chi connectivity index (χ1v) is 5.04. The average Bonchev–Trinajstić information content (AvgIpc) is 2.27. The fourth-order valence-corrected chi connectivity index (χ4v) is 1.54. The normalized spacial score (nSPS) is 12.4. The molecule has 1 atom stereocenters. The number of carbonyl (C=O) groups is 1. The maximum atomic E-state index is 11.5. The highest BCUT2D eigenvalue weighted by Crippen LogP contribution is 2.16. The van der Waals surface area contributed by atoms with Crippen LogP contribution >= 0.6 is 0 Å². The fourth-order valence-electron chi connectivity index (χ4n) is 1.54. The maximum absolute atomic E-state index is 11.5. The first-order chi connectivity index (χ1) is 7.66. The van der Waals surface area contributed by atoms with Gasteiger partial charge in [0.05, 0.1) is 5.56 Å². The molecule has 1 N–H and O–H groups in total. The molecule has 0 saturated heterocycles. The van der Waals surface area contributed by atoms with Crippen molar-refractivity contribution in [3.63, 3.8) is 0 Å². The quantitative estimate of drug-likeness (QED) is 0.619. The van der Waals surface area contributed by atoms with Gasteiger partial charge in [-0.25, -0.2) is 4.79 Å². The fraction of sp³-hybridized carbons (Fsp3) is 0.154. The van der Waals surface area contributed by atoms with Crippen molar-refractivity contribution >= 4 is 16.7 Å². The summed E-state index contributed by atoms with van der Waals surface area (Å²) >= 11 is 0. The van der Waals surface area contributed by atoms with Gasteiger partial charge >= 0.3 is 5.97 Å². The summed E-state index contributed by atoms with van der Waals surface area (Å²) in [5.74, 6) is -0.513. The Morgan fingerprint density at radius 3 is 2.56 bits per heavy atom. The van der Waals surface area contributed by atoms with Gasteiger partial charge in [0.15, 0.2) is 6.29 Å². The molecule has 0 aromatic heterocycles. The van der Waals surface area contributed by atoms with E-state index in [-0.39, 0.29) is 0 Å². The molecule has 16 heavy (non-hydrogen) atoms. The van der Waals surface area contributed by atoms with Crippen molar-refractivity contribution < 1.29 is 14.6 Å². The van der Waals surface area contributed by atoms with E-state index < -0.39 is 12.3 Å². The third-order valence-corrected chi connectivity index (χ3v) is 2.26. The lowest BCUT2D eigenvalue weighted by Gasteiger charge is -2.07. The molecule has 0 aliphatic heterocycles. The minimum Gasteiger partial charge on any atom is -0.433 e. The van der Waals surface area contributed by atoms with Crippen LogP contribution in [0, 0.1) is 0 Å². The lowest BCUT2D eigenvalue weighted by Crippen LogP contribution is -2.13. The number of fused-ring (bicyclic) bond motifs is 1. The molecular weight excluding hydrogens is 204 g/mol. The summed E-state index contributed by atoms with van der Waals surface area (Å²) < 4.78 is 4.70. The van der Waals surface area contributed by atoms with Crippen molar-refractivity contribution in [2.24, 2.45) is 0 Å². The number of aliphatic hydroxyl groups excluding tert-OH is 1. The first kappa shape index (κ1) is 10.6. The molecule has 0 aliphatic rings. The number of benzene rings is 2. The van der Waals surface area contributed by atoms with Gasteiger partial charge in [0.25, 0.3) is 0 Å². The van der Waals surface area contributed by atoms with Crippen LogP contribution in [0.3, 0.4) is 0 Å². The molecule has 0 bridgehead atoms. The molecule has 0 saturated carbocycles. The van der Waals surface area contributed by atoms with E-state index in [1.165, 1.54) is 6.92 Å². The number of hydrogen-bond acceptors (Lipinski definition) is 3. The Kier molecular flexibility index (Phi) is 2.88. The highest BCUT2D eigenvalue weighted by molar-refractivity contribution is 5.95. The molecule has 0 aliphatic carbocycles. The van der Waals surface area contributed by atoms with Crippen LogP contribution in [0.2, 0.25) is 0 Å². The third-order valence-electron chi connectivity index (χ3n) is 2.26. The van der Waals surface area contributed by atoms with Gasteiger partial charge in [-0.2, -0.15) is 0 Å². The van der Waals surface area contributed by atoms with Gasteiger partial charge in [0.2, 0.25) is 0 Å². The molecule has 2 aromatic carbocycles. The van der Waals surface area contributed by atoms with Gasteiger partial charge in [-0.05, 0) is 29.8 Å². The van der Waals surface area contributed by atoms with Crippen molar-refractivity contribution in [1.29, 1.82) is 0 Å². The second-order valence-electron chi connectivity index (χ2n) is 3.57. The van der Waals surface area contributed by atoms with Crippen LogP contribution in [0.15, 0.2) is 42.5 Å². The van der Waals surface area contributed by atoms with Crippen LogP contribution in [-0.4, -0.2) is 17.4 Å². The Labute approximate surface area is 93.3 Å². The second kappa shape index (κ2) is 4.33. The molecule has 0 heterocycles. The summed E-state index contributed by atoms with van der Waals surface area (Å²) in [7, 11) is 0. The summed E-state index contributed by atoms with van der Waals surface area (Å²) in [6, 6.07) is 13.0. The summed E-state index contributed by atoms with van der Waals surface area (Å²) in [4.78, 5) is 11.5.